The van der Waals surface area contributed by atoms with Crippen LogP contribution in [0.2, 0.25) is 0 Å². The Kier molecular flexibility index (Phi) is 33.4. The minimum atomic E-state index is -0.266. The lowest BCUT2D eigenvalue weighted by Crippen LogP contribution is -2.41. The predicted molar refractivity (Wildman–Crippen MR) is 195 cm³/mol. The van der Waals surface area contributed by atoms with Crippen LogP contribution in [0.25, 0.3) is 0 Å². The number of amides is 2. The fourth-order valence-electron chi connectivity index (χ4n) is 7.01. The highest BCUT2D eigenvalue weighted by Gasteiger charge is 2.33. The van der Waals surface area contributed by atoms with Gasteiger partial charge in [0.15, 0.2) is 0 Å². The van der Waals surface area contributed by atoms with Gasteiger partial charge < -0.3 is 16.2 Å². The number of primary amides is 1. The Morgan fingerprint density at radius 3 is 1.09 bits per heavy atom. The number of carbonyl (C=O) groups excluding carboxylic acids is 2. The van der Waals surface area contributed by atoms with E-state index in [1.165, 1.54) is 154 Å². The molecule has 0 aliphatic carbocycles. The molecule has 0 aliphatic rings. The number of rotatable bonds is 36. The second-order valence-corrected chi connectivity index (χ2v) is 14.3. The van der Waals surface area contributed by atoms with E-state index in [0.717, 1.165) is 38.5 Å². The van der Waals surface area contributed by atoms with Gasteiger partial charge in [-0.3, -0.25) is 9.59 Å². The van der Waals surface area contributed by atoms with Crippen LogP contribution in [-0.2, 0) is 9.59 Å². The summed E-state index contributed by atoms with van der Waals surface area (Å²) in [6.07, 6.45) is 38.3. The van der Waals surface area contributed by atoms with Gasteiger partial charge in [0.1, 0.15) is 0 Å². The molecule has 45 heavy (non-hydrogen) atoms. The summed E-state index contributed by atoms with van der Waals surface area (Å²) in [5, 5.41) is 12.1. The summed E-state index contributed by atoms with van der Waals surface area (Å²) in [6, 6.07) is 0. The second kappa shape index (κ2) is 34.2. The van der Waals surface area contributed by atoms with Crippen molar-refractivity contribution >= 4 is 11.8 Å². The average molecular weight is 637 g/mol. The van der Waals surface area contributed by atoms with Gasteiger partial charge in [0.05, 0.1) is 6.61 Å². The Morgan fingerprint density at radius 2 is 0.800 bits per heavy atom. The first-order valence-electron chi connectivity index (χ1n) is 20.2. The summed E-state index contributed by atoms with van der Waals surface area (Å²) in [5.74, 6) is -0.862. The van der Waals surface area contributed by atoms with E-state index in [1.54, 1.807) is 0 Å². The molecule has 0 heterocycles. The number of carbonyl (C=O) groups is 2. The zero-order valence-corrected chi connectivity index (χ0v) is 30.7. The smallest absolute Gasteiger partial charge is 0.223 e. The van der Waals surface area contributed by atoms with Crippen molar-refractivity contribution in [3.63, 3.8) is 0 Å². The van der Waals surface area contributed by atoms with Crippen LogP contribution in [0.5, 0.6) is 0 Å². The maximum Gasteiger partial charge on any atom is 0.223 e. The molecule has 0 fully saturated rings. The maximum absolute atomic E-state index is 13.1. The van der Waals surface area contributed by atoms with E-state index in [-0.39, 0.29) is 42.7 Å². The molecule has 0 rings (SSSR count). The van der Waals surface area contributed by atoms with Gasteiger partial charge in [-0.2, -0.15) is 0 Å². The van der Waals surface area contributed by atoms with Gasteiger partial charge >= 0.3 is 0 Å². The van der Waals surface area contributed by atoms with Gasteiger partial charge in [0.25, 0.3) is 0 Å². The lowest BCUT2D eigenvalue weighted by atomic mass is 9.77. The first-order chi connectivity index (χ1) is 22.0. The van der Waals surface area contributed by atoms with Gasteiger partial charge in [-0.05, 0) is 18.8 Å². The zero-order valence-electron chi connectivity index (χ0n) is 30.7. The summed E-state index contributed by atoms with van der Waals surface area (Å²) in [4.78, 5) is 25.6. The van der Waals surface area contributed by atoms with Crippen LogP contribution in [-0.4, -0.2) is 30.1 Å². The Balaban J connectivity index is 4.24. The first-order valence-corrected chi connectivity index (χ1v) is 20.2. The number of hydrogen-bond donors (Lipinski definition) is 3. The third-order valence-corrected chi connectivity index (χ3v) is 10.1. The van der Waals surface area contributed by atoms with E-state index in [9.17, 15) is 14.7 Å². The molecule has 0 spiro atoms. The van der Waals surface area contributed by atoms with Gasteiger partial charge in [0, 0.05) is 18.4 Å². The minimum absolute atomic E-state index is 0.0292. The largest absolute Gasteiger partial charge is 0.395 e. The standard InChI is InChI=1S/C40H80N2O3/c1-4-6-8-10-12-14-16-18-20-22-24-26-28-30-32-37(39(41)44)36(3)38(40(45)42-34-35-43)33-31-29-27-25-23-21-19-17-15-13-11-9-7-5-2/h36-38,43H,4-35H2,1-3H3,(H2,41,44)(H,42,45). The van der Waals surface area contributed by atoms with Crippen molar-refractivity contribution in [1.29, 1.82) is 0 Å². The topological polar surface area (TPSA) is 92.4 Å². The lowest BCUT2D eigenvalue weighted by molar-refractivity contribution is -0.130. The van der Waals surface area contributed by atoms with Crippen molar-refractivity contribution in [3.05, 3.63) is 0 Å². The molecule has 0 saturated carbocycles. The normalized spacial score (nSPS) is 13.5. The van der Waals surface area contributed by atoms with Crippen LogP contribution in [0, 0.1) is 17.8 Å². The van der Waals surface area contributed by atoms with Crippen LogP contribution in [0.3, 0.4) is 0 Å². The molecule has 0 bridgehead atoms. The van der Waals surface area contributed by atoms with Crippen LogP contribution in [0.1, 0.15) is 213 Å². The molecule has 268 valence electrons. The van der Waals surface area contributed by atoms with E-state index in [4.69, 9.17) is 5.73 Å². The Morgan fingerprint density at radius 1 is 0.511 bits per heavy atom. The fourth-order valence-corrected chi connectivity index (χ4v) is 7.01. The monoisotopic (exact) mass is 637 g/mol. The van der Waals surface area contributed by atoms with Crippen molar-refractivity contribution < 1.29 is 14.7 Å². The van der Waals surface area contributed by atoms with Gasteiger partial charge in [0.2, 0.25) is 11.8 Å². The Hall–Kier alpha value is -1.10. The molecule has 0 aromatic rings. The molecular weight excluding hydrogens is 556 g/mol. The molecule has 4 N–H and O–H groups in total. The third-order valence-electron chi connectivity index (χ3n) is 10.1. The van der Waals surface area contributed by atoms with Crippen molar-refractivity contribution in [2.45, 2.75) is 213 Å². The molecule has 0 saturated heterocycles. The molecule has 0 aromatic carbocycles. The number of nitrogens with two attached hydrogens (primary N) is 1. The van der Waals surface area contributed by atoms with Crippen LogP contribution >= 0.6 is 0 Å². The third kappa shape index (κ3) is 27.7. The van der Waals surface area contributed by atoms with Crippen LogP contribution in [0.4, 0.5) is 0 Å². The summed E-state index contributed by atoms with van der Waals surface area (Å²) < 4.78 is 0. The highest BCUT2D eigenvalue weighted by molar-refractivity contribution is 5.81. The molecule has 3 atom stereocenters. The van der Waals surface area contributed by atoms with E-state index < -0.39 is 0 Å². The quantitative estimate of drug-likeness (QED) is 0.0597. The number of aliphatic hydroxyl groups excluding tert-OH is 1. The van der Waals surface area contributed by atoms with Crippen molar-refractivity contribution in [3.8, 4) is 0 Å². The fraction of sp³-hybridized carbons (Fsp3) is 0.950. The minimum Gasteiger partial charge on any atom is -0.395 e. The van der Waals surface area contributed by atoms with Gasteiger partial charge in [-0.1, -0.05) is 201 Å². The molecule has 0 radical (unpaired) electrons. The Bertz CT molecular complexity index is 641. The molecule has 0 aliphatic heterocycles. The second-order valence-electron chi connectivity index (χ2n) is 14.3. The molecule has 5 nitrogen and oxygen atoms in total. The van der Waals surface area contributed by atoms with E-state index in [2.05, 4.69) is 19.2 Å². The maximum atomic E-state index is 13.1. The predicted octanol–water partition coefficient (Wildman–Crippen LogP) is 11.2. The highest BCUT2D eigenvalue weighted by atomic mass is 16.3. The van der Waals surface area contributed by atoms with Crippen molar-refractivity contribution in [2.75, 3.05) is 13.2 Å². The van der Waals surface area contributed by atoms with Gasteiger partial charge in [-0.25, -0.2) is 0 Å². The average Bonchev–Trinajstić information content (AvgIpc) is 3.03. The SMILES string of the molecule is CCCCCCCCCCCCCCCCC(C(N)=O)C(C)C(CCCCCCCCCCCCCCCC)C(=O)NCCO. The number of hydrogen-bond acceptors (Lipinski definition) is 3. The molecule has 3 unspecified atom stereocenters. The summed E-state index contributed by atoms with van der Waals surface area (Å²) >= 11 is 0. The molecule has 5 heteroatoms. The van der Waals surface area contributed by atoms with Crippen LogP contribution < -0.4 is 11.1 Å². The number of nitrogens with one attached hydrogen (secondary N) is 1. The summed E-state index contributed by atoms with van der Waals surface area (Å²) in [7, 11) is 0. The molecular formula is C40H80N2O3. The van der Waals surface area contributed by atoms with E-state index in [1.807, 2.05) is 6.92 Å². The Labute approximate surface area is 281 Å². The molecule has 2 amide bonds. The van der Waals surface area contributed by atoms with Gasteiger partial charge in [-0.15, -0.1) is 0 Å². The number of unbranched alkanes of at least 4 members (excludes halogenated alkanes) is 26. The van der Waals surface area contributed by atoms with Crippen molar-refractivity contribution in [1.82, 2.24) is 5.32 Å². The van der Waals surface area contributed by atoms with Crippen LogP contribution in [0.15, 0.2) is 0 Å². The first kappa shape index (κ1) is 43.9. The van der Waals surface area contributed by atoms with E-state index in [0.29, 0.717) is 0 Å². The zero-order chi connectivity index (χ0) is 33.2. The lowest BCUT2D eigenvalue weighted by Gasteiger charge is -2.29. The van der Waals surface area contributed by atoms with E-state index >= 15 is 0 Å². The highest BCUT2D eigenvalue weighted by Crippen LogP contribution is 2.30. The van der Waals surface area contributed by atoms with Crippen molar-refractivity contribution in [2.24, 2.45) is 23.5 Å². The summed E-state index contributed by atoms with van der Waals surface area (Å²) in [5.41, 5.74) is 5.90. The molecule has 0 aromatic heterocycles. The summed E-state index contributed by atoms with van der Waals surface area (Å²) in [6.45, 7) is 6.80. The number of aliphatic hydroxyl groups is 1.